The molecule has 0 aliphatic rings. The zero-order valence-corrected chi connectivity index (χ0v) is 9.55. The average Bonchev–Trinajstić information content (AvgIpc) is 2.34. The molecule has 18 heavy (non-hydrogen) atoms. The van der Waals surface area contributed by atoms with Gasteiger partial charge in [0, 0.05) is 12.1 Å². The molecule has 6 heteroatoms. The van der Waals surface area contributed by atoms with Gasteiger partial charge in [-0.25, -0.2) is 9.59 Å². The summed E-state index contributed by atoms with van der Waals surface area (Å²) < 4.78 is 4.67. The first-order valence-electron chi connectivity index (χ1n) is 5.11. The number of carboxylic acid groups (broad SMARTS) is 1. The topological polar surface area (TPSA) is 95.9 Å². The Bertz CT molecular complexity index is 470. The number of aromatic carboxylic acids is 1. The first-order valence-corrected chi connectivity index (χ1v) is 5.11. The molecule has 0 fully saturated rings. The van der Waals surface area contributed by atoms with Crippen LogP contribution in [-0.4, -0.2) is 28.9 Å². The molecule has 0 aliphatic heterocycles. The Balaban J connectivity index is 2.60. The maximum absolute atomic E-state index is 11.1. The fourth-order valence-electron chi connectivity index (χ4n) is 1.20. The predicted molar refractivity (Wildman–Crippen MR) is 63.5 cm³/mol. The summed E-state index contributed by atoms with van der Waals surface area (Å²) in [5.74, 6) is -1.32. The average molecular weight is 251 g/mol. The zero-order chi connectivity index (χ0) is 13.5. The lowest BCUT2D eigenvalue weighted by molar-refractivity contribution is 0.0696. The number of benzene rings is 1. The summed E-state index contributed by atoms with van der Waals surface area (Å²) in [4.78, 5) is 21.7. The maximum atomic E-state index is 11.1. The minimum atomic E-state index is -1.13. The molecule has 1 aromatic rings. The van der Waals surface area contributed by atoms with Crippen molar-refractivity contribution >= 4 is 12.1 Å². The lowest BCUT2D eigenvalue weighted by Gasteiger charge is -2.07. The van der Waals surface area contributed by atoms with E-state index in [4.69, 9.17) is 5.11 Å². The Kier molecular flexibility index (Phi) is 4.74. The molecule has 0 bridgehead atoms. The van der Waals surface area contributed by atoms with Crippen molar-refractivity contribution in [1.29, 1.82) is 0 Å². The van der Waals surface area contributed by atoms with Crippen LogP contribution in [0.4, 0.5) is 4.79 Å². The van der Waals surface area contributed by atoms with Crippen molar-refractivity contribution in [3.63, 3.8) is 0 Å². The van der Waals surface area contributed by atoms with E-state index in [2.05, 4.69) is 16.6 Å². The van der Waals surface area contributed by atoms with Gasteiger partial charge in [-0.3, -0.25) is 0 Å². The van der Waals surface area contributed by atoms with Gasteiger partial charge in [-0.1, -0.05) is 18.7 Å². The summed E-state index contributed by atoms with van der Waals surface area (Å²) in [5, 5.41) is 20.7. The van der Waals surface area contributed by atoms with Crippen molar-refractivity contribution in [3.05, 3.63) is 42.0 Å². The Hall–Kier alpha value is -2.50. The molecule has 0 radical (unpaired) electrons. The standard InChI is InChI=1S/C12H13NO5/c1-2-5-18-12(17)13-7-9-4-3-8(11(15)16)6-10(9)14/h2-4,6,14H,1,5,7H2,(H,13,17)(H,15,16). The lowest BCUT2D eigenvalue weighted by Crippen LogP contribution is -2.23. The van der Waals surface area contributed by atoms with Crippen molar-refractivity contribution in [3.8, 4) is 5.75 Å². The van der Waals surface area contributed by atoms with Gasteiger partial charge in [-0.2, -0.15) is 0 Å². The smallest absolute Gasteiger partial charge is 0.407 e. The van der Waals surface area contributed by atoms with Crippen LogP contribution < -0.4 is 5.32 Å². The molecule has 0 heterocycles. The summed E-state index contributed by atoms with van der Waals surface area (Å²) in [7, 11) is 0. The highest BCUT2D eigenvalue weighted by atomic mass is 16.5. The molecule has 0 saturated carbocycles. The molecule has 1 amide bonds. The van der Waals surface area contributed by atoms with E-state index >= 15 is 0 Å². The van der Waals surface area contributed by atoms with Crippen LogP contribution in [0.5, 0.6) is 5.75 Å². The third-order valence-corrected chi connectivity index (χ3v) is 2.09. The number of rotatable bonds is 5. The van der Waals surface area contributed by atoms with E-state index in [-0.39, 0.29) is 24.5 Å². The molecular formula is C12H13NO5. The van der Waals surface area contributed by atoms with Crippen LogP contribution in [0.15, 0.2) is 30.9 Å². The number of ether oxygens (including phenoxy) is 1. The van der Waals surface area contributed by atoms with Gasteiger partial charge < -0.3 is 20.3 Å². The van der Waals surface area contributed by atoms with Crippen molar-refractivity contribution < 1.29 is 24.5 Å². The van der Waals surface area contributed by atoms with Gasteiger partial charge in [0.2, 0.25) is 0 Å². The van der Waals surface area contributed by atoms with E-state index in [9.17, 15) is 14.7 Å². The zero-order valence-electron chi connectivity index (χ0n) is 9.55. The van der Waals surface area contributed by atoms with Crippen LogP contribution in [0.2, 0.25) is 0 Å². The number of phenols is 1. The van der Waals surface area contributed by atoms with Gasteiger partial charge in [-0.05, 0) is 12.1 Å². The fraction of sp³-hybridized carbons (Fsp3) is 0.167. The highest BCUT2D eigenvalue weighted by Crippen LogP contribution is 2.18. The molecule has 0 aromatic heterocycles. The monoisotopic (exact) mass is 251 g/mol. The normalized spacial score (nSPS) is 9.56. The van der Waals surface area contributed by atoms with Crippen LogP contribution >= 0.6 is 0 Å². The summed E-state index contributed by atoms with van der Waals surface area (Å²) in [6.45, 7) is 3.53. The van der Waals surface area contributed by atoms with Crippen molar-refractivity contribution in [1.82, 2.24) is 5.32 Å². The molecule has 0 aliphatic carbocycles. The van der Waals surface area contributed by atoms with E-state index in [1.54, 1.807) is 0 Å². The number of hydrogen-bond acceptors (Lipinski definition) is 4. The molecule has 1 aromatic carbocycles. The Morgan fingerprint density at radius 1 is 1.44 bits per heavy atom. The highest BCUT2D eigenvalue weighted by molar-refractivity contribution is 5.88. The predicted octanol–water partition coefficient (Wildman–Crippen LogP) is 1.50. The number of hydrogen-bond donors (Lipinski definition) is 3. The van der Waals surface area contributed by atoms with Crippen LogP contribution in [0.3, 0.4) is 0 Å². The second-order valence-electron chi connectivity index (χ2n) is 3.39. The number of carbonyl (C=O) groups excluding carboxylic acids is 1. The maximum Gasteiger partial charge on any atom is 0.407 e. The second-order valence-corrected chi connectivity index (χ2v) is 3.39. The van der Waals surface area contributed by atoms with Crippen molar-refractivity contribution in [2.24, 2.45) is 0 Å². The van der Waals surface area contributed by atoms with Gasteiger partial charge in [0.25, 0.3) is 0 Å². The quantitative estimate of drug-likeness (QED) is 0.689. The summed E-state index contributed by atoms with van der Waals surface area (Å²) >= 11 is 0. The van der Waals surface area contributed by atoms with Crippen LogP contribution in [-0.2, 0) is 11.3 Å². The SMILES string of the molecule is C=CCOC(=O)NCc1ccc(C(=O)O)cc1O. The third kappa shape index (κ3) is 3.82. The van der Waals surface area contributed by atoms with E-state index < -0.39 is 12.1 Å². The number of aromatic hydroxyl groups is 1. The van der Waals surface area contributed by atoms with Crippen LogP contribution in [0.25, 0.3) is 0 Å². The van der Waals surface area contributed by atoms with Gasteiger partial charge in [0.1, 0.15) is 12.4 Å². The molecular weight excluding hydrogens is 238 g/mol. The molecule has 0 atom stereocenters. The largest absolute Gasteiger partial charge is 0.508 e. The first kappa shape index (κ1) is 13.6. The molecule has 0 saturated heterocycles. The summed E-state index contributed by atoms with van der Waals surface area (Å²) in [5.41, 5.74) is 0.376. The Morgan fingerprint density at radius 3 is 2.72 bits per heavy atom. The second kappa shape index (κ2) is 6.29. The highest BCUT2D eigenvalue weighted by Gasteiger charge is 2.08. The molecule has 1 rings (SSSR count). The van der Waals surface area contributed by atoms with Gasteiger partial charge in [-0.15, -0.1) is 0 Å². The molecule has 6 nitrogen and oxygen atoms in total. The third-order valence-electron chi connectivity index (χ3n) is 2.09. The molecule has 0 spiro atoms. The summed E-state index contributed by atoms with van der Waals surface area (Å²) in [6.07, 6.45) is 0.787. The Labute approximate surface area is 104 Å². The van der Waals surface area contributed by atoms with E-state index in [0.717, 1.165) is 6.07 Å². The molecule has 0 unspecified atom stereocenters. The van der Waals surface area contributed by atoms with Crippen LogP contribution in [0, 0.1) is 0 Å². The van der Waals surface area contributed by atoms with E-state index in [1.165, 1.54) is 18.2 Å². The van der Waals surface area contributed by atoms with Gasteiger partial charge in [0.15, 0.2) is 0 Å². The number of phenolic OH excluding ortho intramolecular Hbond substituents is 1. The number of carboxylic acids is 1. The molecule has 3 N–H and O–H groups in total. The minimum absolute atomic E-state index is 0.0227. The van der Waals surface area contributed by atoms with Gasteiger partial charge in [0.05, 0.1) is 5.56 Å². The lowest BCUT2D eigenvalue weighted by atomic mass is 10.1. The minimum Gasteiger partial charge on any atom is -0.508 e. The number of nitrogens with one attached hydrogen (secondary N) is 1. The van der Waals surface area contributed by atoms with Crippen LogP contribution in [0.1, 0.15) is 15.9 Å². The van der Waals surface area contributed by atoms with E-state index in [1.807, 2.05) is 0 Å². The van der Waals surface area contributed by atoms with Crippen molar-refractivity contribution in [2.75, 3.05) is 6.61 Å². The Morgan fingerprint density at radius 2 is 2.17 bits per heavy atom. The molecule has 96 valence electrons. The fourth-order valence-corrected chi connectivity index (χ4v) is 1.20. The van der Waals surface area contributed by atoms with Crippen molar-refractivity contribution in [2.45, 2.75) is 6.54 Å². The summed E-state index contributed by atoms with van der Waals surface area (Å²) in [6, 6.07) is 3.88. The number of alkyl carbamates (subject to hydrolysis) is 1. The number of carbonyl (C=O) groups is 2. The number of amides is 1. The van der Waals surface area contributed by atoms with E-state index in [0.29, 0.717) is 5.56 Å². The first-order chi connectivity index (χ1) is 8.54. The van der Waals surface area contributed by atoms with Gasteiger partial charge >= 0.3 is 12.1 Å².